The van der Waals surface area contributed by atoms with Crippen LogP contribution in [0.25, 0.3) is 21.5 Å². The first-order valence-electron chi connectivity index (χ1n) is 8.99. The molecule has 0 spiro atoms. The molecule has 0 aliphatic heterocycles. The number of alkyl halides is 1. The molecule has 0 amide bonds. The third kappa shape index (κ3) is 4.21. The molecule has 1 nitrogen and oxygen atoms in total. The Morgan fingerprint density at radius 2 is 1.21 bits per heavy atom. The van der Waals surface area contributed by atoms with Crippen LogP contribution in [0, 0.1) is 0 Å². The van der Waals surface area contributed by atoms with Gasteiger partial charge in [0.1, 0.15) is 5.75 Å². The number of benzene rings is 3. The molecule has 0 N–H and O–H groups in total. The smallest absolute Gasteiger partial charge is 0.134 e. The lowest BCUT2D eigenvalue weighted by Gasteiger charge is -2.13. The van der Waals surface area contributed by atoms with Gasteiger partial charge in [-0.15, -0.1) is 11.6 Å². The molecule has 126 valence electrons. The van der Waals surface area contributed by atoms with Gasteiger partial charge in [-0.05, 0) is 29.7 Å². The molecule has 0 bridgehead atoms. The molecular formula is C22H25ClO. The molecule has 0 atom stereocenters. The van der Waals surface area contributed by atoms with Crippen LogP contribution in [0.4, 0.5) is 0 Å². The lowest BCUT2D eigenvalue weighted by molar-refractivity contribution is 0.311. The van der Waals surface area contributed by atoms with Gasteiger partial charge in [0.05, 0.1) is 6.61 Å². The summed E-state index contributed by atoms with van der Waals surface area (Å²) < 4.78 is 6.24. The minimum atomic E-state index is 0.785. The Bertz CT molecular complexity index is 727. The Morgan fingerprint density at radius 3 is 1.83 bits per heavy atom. The molecule has 0 aromatic heterocycles. The van der Waals surface area contributed by atoms with E-state index in [-0.39, 0.29) is 0 Å². The van der Waals surface area contributed by atoms with Gasteiger partial charge < -0.3 is 4.74 Å². The number of rotatable bonds is 9. The average Bonchev–Trinajstić information content (AvgIpc) is 2.63. The summed E-state index contributed by atoms with van der Waals surface area (Å²) in [6.45, 7) is 0.785. The number of unbranched alkanes of at least 4 members (excludes halogenated alkanes) is 5. The van der Waals surface area contributed by atoms with Crippen molar-refractivity contribution in [2.24, 2.45) is 0 Å². The Balaban J connectivity index is 1.66. The topological polar surface area (TPSA) is 9.23 Å². The second kappa shape index (κ2) is 8.94. The highest BCUT2D eigenvalue weighted by Gasteiger charge is 2.08. The molecule has 0 aliphatic carbocycles. The molecular weight excluding hydrogens is 316 g/mol. The van der Waals surface area contributed by atoms with Crippen LogP contribution in [-0.2, 0) is 0 Å². The van der Waals surface area contributed by atoms with Gasteiger partial charge in [0.2, 0.25) is 0 Å². The number of hydrogen-bond acceptors (Lipinski definition) is 1. The minimum absolute atomic E-state index is 0.785. The zero-order valence-electron chi connectivity index (χ0n) is 14.1. The number of hydrogen-bond donors (Lipinski definition) is 0. The van der Waals surface area contributed by atoms with Gasteiger partial charge >= 0.3 is 0 Å². The van der Waals surface area contributed by atoms with Crippen LogP contribution in [0.5, 0.6) is 5.75 Å². The number of fused-ring (bicyclic) bond motifs is 2. The number of ether oxygens (including phenoxy) is 1. The standard InChI is InChI=1S/C22H25ClO/c23-15-9-3-1-2-4-10-16-24-22-20-13-7-5-11-18(20)17-19-12-6-8-14-21(19)22/h5-8,11-14,17H,1-4,9-10,15-16H2. The average molecular weight is 341 g/mol. The maximum absolute atomic E-state index is 6.24. The predicted octanol–water partition coefficient (Wildman–Crippen LogP) is 6.95. The van der Waals surface area contributed by atoms with Gasteiger partial charge in [0.15, 0.2) is 0 Å². The van der Waals surface area contributed by atoms with Crippen molar-refractivity contribution in [1.29, 1.82) is 0 Å². The summed E-state index contributed by atoms with van der Waals surface area (Å²) in [5, 5.41) is 4.90. The summed E-state index contributed by atoms with van der Waals surface area (Å²) in [6.07, 6.45) is 7.28. The molecule has 0 radical (unpaired) electrons. The molecule has 3 aromatic rings. The van der Waals surface area contributed by atoms with Crippen LogP contribution in [0.3, 0.4) is 0 Å². The molecule has 0 aliphatic rings. The van der Waals surface area contributed by atoms with E-state index >= 15 is 0 Å². The summed E-state index contributed by atoms with van der Waals surface area (Å²) in [5.74, 6) is 1.82. The lowest BCUT2D eigenvalue weighted by Crippen LogP contribution is -1.99. The Hall–Kier alpha value is -1.73. The Morgan fingerprint density at radius 1 is 0.667 bits per heavy atom. The maximum Gasteiger partial charge on any atom is 0.134 e. The fourth-order valence-electron chi connectivity index (χ4n) is 3.21. The SMILES string of the molecule is ClCCCCCCCCOc1c2ccccc2cc2ccccc12. The van der Waals surface area contributed by atoms with Crippen molar-refractivity contribution in [2.75, 3.05) is 12.5 Å². The first-order chi connectivity index (χ1) is 11.9. The number of halogens is 1. The van der Waals surface area contributed by atoms with E-state index in [2.05, 4.69) is 54.6 Å². The van der Waals surface area contributed by atoms with E-state index in [4.69, 9.17) is 16.3 Å². The maximum atomic E-state index is 6.24. The molecule has 2 heteroatoms. The van der Waals surface area contributed by atoms with Crippen molar-refractivity contribution in [3.8, 4) is 5.75 Å². The zero-order chi connectivity index (χ0) is 16.6. The molecule has 0 fully saturated rings. The highest BCUT2D eigenvalue weighted by Crippen LogP contribution is 2.34. The van der Waals surface area contributed by atoms with Gasteiger partial charge in [-0.3, -0.25) is 0 Å². The van der Waals surface area contributed by atoms with Crippen LogP contribution in [0.1, 0.15) is 38.5 Å². The van der Waals surface area contributed by atoms with Gasteiger partial charge in [0, 0.05) is 16.7 Å². The quantitative estimate of drug-likeness (QED) is 0.232. The fourth-order valence-corrected chi connectivity index (χ4v) is 3.39. The molecule has 0 saturated carbocycles. The Kier molecular flexibility index (Phi) is 6.37. The monoisotopic (exact) mass is 340 g/mol. The van der Waals surface area contributed by atoms with Crippen LogP contribution in [0.15, 0.2) is 54.6 Å². The van der Waals surface area contributed by atoms with E-state index < -0.39 is 0 Å². The van der Waals surface area contributed by atoms with E-state index in [1.54, 1.807) is 0 Å². The second-order valence-corrected chi connectivity index (χ2v) is 6.68. The first kappa shape index (κ1) is 17.1. The van der Waals surface area contributed by atoms with Gasteiger partial charge in [-0.2, -0.15) is 0 Å². The third-order valence-corrected chi connectivity index (χ3v) is 4.76. The van der Waals surface area contributed by atoms with E-state index in [0.29, 0.717) is 0 Å². The van der Waals surface area contributed by atoms with E-state index in [9.17, 15) is 0 Å². The highest BCUT2D eigenvalue weighted by atomic mass is 35.5. The molecule has 3 rings (SSSR count). The summed E-state index contributed by atoms with van der Waals surface area (Å²) >= 11 is 5.71. The lowest BCUT2D eigenvalue weighted by atomic mass is 10.0. The Labute approximate surface area is 149 Å². The van der Waals surface area contributed by atoms with Crippen molar-refractivity contribution in [1.82, 2.24) is 0 Å². The molecule has 0 saturated heterocycles. The summed E-state index contributed by atoms with van der Waals surface area (Å²) in [7, 11) is 0. The zero-order valence-corrected chi connectivity index (χ0v) is 14.9. The highest BCUT2D eigenvalue weighted by molar-refractivity contribution is 6.17. The van der Waals surface area contributed by atoms with Gasteiger partial charge in [-0.25, -0.2) is 0 Å². The van der Waals surface area contributed by atoms with Crippen molar-refractivity contribution >= 4 is 33.1 Å². The van der Waals surface area contributed by atoms with Crippen LogP contribution >= 0.6 is 11.6 Å². The second-order valence-electron chi connectivity index (χ2n) is 6.31. The molecule has 0 unspecified atom stereocenters. The van der Waals surface area contributed by atoms with Crippen LogP contribution in [-0.4, -0.2) is 12.5 Å². The third-order valence-electron chi connectivity index (χ3n) is 4.50. The van der Waals surface area contributed by atoms with Crippen molar-refractivity contribution in [3.05, 3.63) is 54.6 Å². The predicted molar refractivity (Wildman–Crippen MR) is 105 cm³/mol. The van der Waals surface area contributed by atoms with Gasteiger partial charge in [0.25, 0.3) is 0 Å². The fraction of sp³-hybridized carbons (Fsp3) is 0.364. The summed E-state index contributed by atoms with van der Waals surface area (Å²) in [4.78, 5) is 0. The van der Waals surface area contributed by atoms with E-state index in [0.717, 1.165) is 31.1 Å². The minimum Gasteiger partial charge on any atom is -0.492 e. The van der Waals surface area contributed by atoms with Crippen LogP contribution < -0.4 is 4.74 Å². The first-order valence-corrected chi connectivity index (χ1v) is 9.53. The molecule has 3 aromatic carbocycles. The summed E-state index contributed by atoms with van der Waals surface area (Å²) in [5.41, 5.74) is 0. The molecule has 24 heavy (non-hydrogen) atoms. The van der Waals surface area contributed by atoms with Crippen molar-refractivity contribution in [3.63, 3.8) is 0 Å². The normalized spacial score (nSPS) is 11.2. The van der Waals surface area contributed by atoms with Gasteiger partial charge in [-0.1, -0.05) is 74.2 Å². The van der Waals surface area contributed by atoms with E-state index in [1.165, 1.54) is 47.2 Å². The van der Waals surface area contributed by atoms with Crippen molar-refractivity contribution < 1.29 is 4.74 Å². The molecule has 0 heterocycles. The van der Waals surface area contributed by atoms with E-state index in [1.807, 2.05) is 0 Å². The van der Waals surface area contributed by atoms with Crippen molar-refractivity contribution in [2.45, 2.75) is 38.5 Å². The van der Waals surface area contributed by atoms with Crippen LogP contribution in [0.2, 0.25) is 0 Å². The largest absolute Gasteiger partial charge is 0.492 e. The summed E-state index contributed by atoms with van der Waals surface area (Å²) in [6, 6.07) is 19.2.